The third kappa shape index (κ3) is 3.21. The minimum absolute atomic E-state index is 0.158. The third-order valence-electron chi connectivity index (χ3n) is 1.93. The second-order valence-electron chi connectivity index (χ2n) is 3.26. The van der Waals surface area contributed by atoms with Crippen LogP contribution in [-0.2, 0) is 17.6 Å². The average molecular weight is 269 g/mol. The molecule has 0 aliphatic rings. The average Bonchev–Trinajstić information content (AvgIpc) is 2.88. The van der Waals surface area contributed by atoms with Gasteiger partial charge < -0.3 is 11.1 Å². The maximum Gasteiger partial charge on any atom is 0.232 e. The first kappa shape index (κ1) is 11.9. The summed E-state index contributed by atoms with van der Waals surface area (Å²) in [5.74, 6) is -0.158. The van der Waals surface area contributed by atoms with Crippen molar-refractivity contribution in [3.05, 3.63) is 16.1 Å². The van der Waals surface area contributed by atoms with E-state index in [0.29, 0.717) is 16.0 Å². The van der Waals surface area contributed by atoms with Gasteiger partial charge in [0.1, 0.15) is 5.01 Å². The van der Waals surface area contributed by atoms with Crippen LogP contribution >= 0.6 is 22.7 Å². The van der Waals surface area contributed by atoms with Gasteiger partial charge in [-0.3, -0.25) is 4.79 Å². The number of amides is 1. The van der Waals surface area contributed by atoms with Crippen LogP contribution in [0.3, 0.4) is 0 Å². The van der Waals surface area contributed by atoms with Gasteiger partial charge in [0.25, 0.3) is 0 Å². The number of carbonyl (C=O) groups is 1. The van der Waals surface area contributed by atoms with Gasteiger partial charge in [-0.05, 0) is 6.42 Å². The molecule has 0 atom stereocenters. The van der Waals surface area contributed by atoms with E-state index in [1.54, 1.807) is 5.38 Å². The van der Waals surface area contributed by atoms with Crippen molar-refractivity contribution in [2.45, 2.75) is 19.8 Å². The quantitative estimate of drug-likeness (QED) is 0.873. The second-order valence-corrected chi connectivity index (χ2v) is 5.21. The van der Waals surface area contributed by atoms with E-state index < -0.39 is 0 Å². The molecule has 0 saturated heterocycles. The number of hydrogen-bond donors (Lipinski definition) is 2. The minimum atomic E-state index is -0.158. The number of nitrogens with two attached hydrogens (primary N) is 1. The van der Waals surface area contributed by atoms with Gasteiger partial charge in [-0.2, -0.15) is 0 Å². The van der Waals surface area contributed by atoms with Crippen molar-refractivity contribution in [1.29, 1.82) is 0 Å². The summed E-state index contributed by atoms with van der Waals surface area (Å²) >= 11 is 2.70. The largest absolute Gasteiger partial charge is 0.375 e. The van der Waals surface area contributed by atoms with E-state index in [1.165, 1.54) is 22.7 Å². The molecule has 0 aromatic carbocycles. The summed E-state index contributed by atoms with van der Waals surface area (Å²) in [6.07, 6.45) is 1.02. The molecule has 0 bridgehead atoms. The Balaban J connectivity index is 1.93. The van der Waals surface area contributed by atoms with E-state index in [-0.39, 0.29) is 12.3 Å². The number of anilines is 2. The van der Waals surface area contributed by atoms with Gasteiger partial charge in [-0.1, -0.05) is 18.3 Å². The maximum absolute atomic E-state index is 11.6. The highest BCUT2D eigenvalue weighted by atomic mass is 32.1. The van der Waals surface area contributed by atoms with Crippen LogP contribution in [0.1, 0.15) is 17.6 Å². The first-order chi connectivity index (χ1) is 8.17. The molecule has 2 rings (SSSR count). The molecule has 6 nitrogen and oxygen atoms in total. The van der Waals surface area contributed by atoms with Crippen LogP contribution in [0.2, 0.25) is 0 Å². The number of carbonyl (C=O) groups excluding carboxylic acids is 1. The molecule has 2 aromatic rings. The monoisotopic (exact) mass is 269 g/mol. The number of thiazole rings is 1. The van der Waals surface area contributed by atoms with Crippen LogP contribution in [0.25, 0.3) is 0 Å². The number of nitrogens with zero attached hydrogens (tertiary/aromatic N) is 3. The molecular weight excluding hydrogens is 258 g/mol. The first-order valence-electron chi connectivity index (χ1n) is 4.99. The Hall–Kier alpha value is -1.54. The molecule has 0 fully saturated rings. The van der Waals surface area contributed by atoms with Gasteiger partial charge in [-0.15, -0.1) is 21.5 Å². The fraction of sp³-hybridized carbons (Fsp3) is 0.333. The maximum atomic E-state index is 11.6. The molecule has 0 spiro atoms. The van der Waals surface area contributed by atoms with Crippen LogP contribution in [0.4, 0.5) is 10.3 Å². The van der Waals surface area contributed by atoms with Gasteiger partial charge >= 0.3 is 0 Å². The van der Waals surface area contributed by atoms with Crippen molar-refractivity contribution < 1.29 is 4.79 Å². The normalized spacial score (nSPS) is 10.4. The Bertz CT molecular complexity index is 521. The molecule has 90 valence electrons. The summed E-state index contributed by atoms with van der Waals surface area (Å²) in [6, 6.07) is 0. The SMILES string of the molecule is CCc1nnc(NC(=O)Cc2csc(N)n2)s1. The van der Waals surface area contributed by atoms with Gasteiger partial charge in [0.05, 0.1) is 12.1 Å². The molecule has 0 saturated carbocycles. The zero-order chi connectivity index (χ0) is 12.3. The van der Waals surface area contributed by atoms with Crippen molar-refractivity contribution in [2.75, 3.05) is 11.1 Å². The lowest BCUT2D eigenvalue weighted by Gasteiger charge is -1.97. The Morgan fingerprint density at radius 2 is 2.35 bits per heavy atom. The topological polar surface area (TPSA) is 93.8 Å². The number of aryl methyl sites for hydroxylation is 1. The molecule has 2 aromatic heterocycles. The summed E-state index contributed by atoms with van der Waals surface area (Å²) in [4.78, 5) is 15.7. The van der Waals surface area contributed by atoms with Gasteiger partial charge in [-0.25, -0.2) is 4.98 Å². The van der Waals surface area contributed by atoms with Gasteiger partial charge in [0, 0.05) is 5.38 Å². The molecular formula is C9H11N5OS2. The van der Waals surface area contributed by atoms with Crippen molar-refractivity contribution in [1.82, 2.24) is 15.2 Å². The number of rotatable bonds is 4. The Labute approximate surface area is 106 Å². The highest BCUT2D eigenvalue weighted by molar-refractivity contribution is 7.15. The zero-order valence-electron chi connectivity index (χ0n) is 9.14. The fourth-order valence-electron chi connectivity index (χ4n) is 1.18. The highest BCUT2D eigenvalue weighted by Gasteiger charge is 2.09. The number of nitrogen functional groups attached to an aromatic ring is 1. The predicted octanol–water partition coefficient (Wildman–Crippen LogP) is 1.32. The van der Waals surface area contributed by atoms with Crippen molar-refractivity contribution in [3.63, 3.8) is 0 Å². The summed E-state index contributed by atoms with van der Waals surface area (Å²) in [5, 5.41) is 14.1. The molecule has 17 heavy (non-hydrogen) atoms. The Kier molecular flexibility index (Phi) is 3.64. The van der Waals surface area contributed by atoms with Crippen LogP contribution in [-0.4, -0.2) is 21.1 Å². The number of nitrogens with one attached hydrogen (secondary N) is 1. The smallest absolute Gasteiger partial charge is 0.232 e. The van der Waals surface area contributed by atoms with Gasteiger partial charge in [0.2, 0.25) is 11.0 Å². The fourth-order valence-corrected chi connectivity index (χ4v) is 2.44. The number of aromatic nitrogens is 3. The molecule has 2 heterocycles. The van der Waals surface area contributed by atoms with Crippen LogP contribution < -0.4 is 11.1 Å². The molecule has 0 unspecified atom stereocenters. The molecule has 1 amide bonds. The lowest BCUT2D eigenvalue weighted by molar-refractivity contribution is -0.115. The summed E-state index contributed by atoms with van der Waals surface area (Å²) in [7, 11) is 0. The van der Waals surface area contributed by atoms with E-state index in [2.05, 4.69) is 20.5 Å². The zero-order valence-corrected chi connectivity index (χ0v) is 10.8. The Morgan fingerprint density at radius 1 is 1.53 bits per heavy atom. The van der Waals surface area contributed by atoms with Crippen LogP contribution in [0.15, 0.2) is 5.38 Å². The molecule has 0 aliphatic carbocycles. The van der Waals surface area contributed by atoms with E-state index in [1.807, 2.05) is 6.92 Å². The van der Waals surface area contributed by atoms with E-state index >= 15 is 0 Å². The second kappa shape index (κ2) is 5.19. The number of hydrogen-bond acceptors (Lipinski definition) is 7. The lowest BCUT2D eigenvalue weighted by atomic mass is 10.3. The van der Waals surface area contributed by atoms with Crippen LogP contribution in [0, 0.1) is 0 Å². The van der Waals surface area contributed by atoms with Crippen molar-refractivity contribution >= 4 is 38.8 Å². The lowest BCUT2D eigenvalue weighted by Crippen LogP contribution is -2.14. The van der Waals surface area contributed by atoms with Crippen molar-refractivity contribution in [2.24, 2.45) is 0 Å². The van der Waals surface area contributed by atoms with Gasteiger partial charge in [0.15, 0.2) is 5.13 Å². The van der Waals surface area contributed by atoms with E-state index in [9.17, 15) is 4.79 Å². The Morgan fingerprint density at radius 3 is 2.94 bits per heavy atom. The van der Waals surface area contributed by atoms with E-state index in [4.69, 9.17) is 5.73 Å². The molecule has 3 N–H and O–H groups in total. The van der Waals surface area contributed by atoms with Crippen LogP contribution in [0.5, 0.6) is 0 Å². The predicted molar refractivity (Wildman–Crippen MR) is 68.1 cm³/mol. The summed E-state index contributed by atoms with van der Waals surface area (Å²) < 4.78 is 0. The third-order valence-corrected chi connectivity index (χ3v) is 3.63. The summed E-state index contributed by atoms with van der Waals surface area (Å²) in [6.45, 7) is 1.99. The molecule has 0 aliphatic heterocycles. The minimum Gasteiger partial charge on any atom is -0.375 e. The van der Waals surface area contributed by atoms with Crippen molar-refractivity contribution in [3.8, 4) is 0 Å². The molecule has 8 heteroatoms. The van der Waals surface area contributed by atoms with E-state index in [0.717, 1.165) is 11.4 Å². The molecule has 0 radical (unpaired) electrons. The first-order valence-corrected chi connectivity index (χ1v) is 6.69. The highest BCUT2D eigenvalue weighted by Crippen LogP contribution is 2.16. The summed E-state index contributed by atoms with van der Waals surface area (Å²) in [5.41, 5.74) is 6.16. The standard InChI is InChI=1S/C9H11N5OS2/c1-2-7-13-14-9(17-7)12-6(15)3-5-4-16-8(10)11-5/h4H,2-3H2,1H3,(H2,10,11)(H,12,14,15).